The lowest BCUT2D eigenvalue weighted by molar-refractivity contribution is -0.115. The van der Waals surface area contributed by atoms with Gasteiger partial charge in [0.15, 0.2) is 4.34 Å². The maximum absolute atomic E-state index is 12.4. The number of nitrogens with one attached hydrogen (secondary N) is 2. The fraction of sp³-hybridized carbons (Fsp3) is 0.167. The van der Waals surface area contributed by atoms with Crippen LogP contribution in [0.3, 0.4) is 0 Å². The van der Waals surface area contributed by atoms with Crippen molar-refractivity contribution in [1.29, 1.82) is 0 Å². The van der Waals surface area contributed by atoms with Crippen molar-refractivity contribution in [3.63, 3.8) is 0 Å². The predicted octanol–water partition coefficient (Wildman–Crippen LogP) is 5.47. The molecule has 0 saturated carbocycles. The molecule has 5 nitrogen and oxygen atoms in total. The van der Waals surface area contributed by atoms with Crippen molar-refractivity contribution in [1.82, 2.24) is 10.2 Å². The van der Waals surface area contributed by atoms with Gasteiger partial charge >= 0.3 is 0 Å². The molecule has 26 heavy (non-hydrogen) atoms. The number of benzene rings is 2. The number of anilines is 3. The predicted molar refractivity (Wildman–Crippen MR) is 112 cm³/mol. The summed E-state index contributed by atoms with van der Waals surface area (Å²) in [5.41, 5.74) is 2.84. The number of hydrogen-bond donors (Lipinski definition) is 2. The van der Waals surface area contributed by atoms with Gasteiger partial charge in [-0.1, -0.05) is 47.4 Å². The zero-order chi connectivity index (χ0) is 18.5. The molecule has 1 atom stereocenters. The average molecular weight is 449 g/mol. The Hall–Kier alpha value is -1.90. The van der Waals surface area contributed by atoms with Crippen molar-refractivity contribution in [3.05, 3.63) is 58.6 Å². The van der Waals surface area contributed by atoms with Crippen LogP contribution < -0.4 is 10.6 Å². The number of thioether (sulfide) groups is 1. The maximum atomic E-state index is 12.4. The first-order valence-corrected chi connectivity index (χ1v) is 10.4. The van der Waals surface area contributed by atoms with Gasteiger partial charge in [-0.05, 0) is 59.6 Å². The summed E-state index contributed by atoms with van der Waals surface area (Å²) in [4.78, 5) is 12.4. The van der Waals surface area contributed by atoms with Gasteiger partial charge in [-0.25, -0.2) is 0 Å². The minimum absolute atomic E-state index is 0.0766. The molecule has 8 heteroatoms. The second-order valence-corrected chi connectivity index (χ2v) is 9.02. The molecular weight excluding hydrogens is 432 g/mol. The lowest BCUT2D eigenvalue weighted by atomic mass is 10.2. The van der Waals surface area contributed by atoms with E-state index in [1.165, 1.54) is 23.1 Å². The van der Waals surface area contributed by atoms with E-state index < -0.39 is 0 Å². The Morgan fingerprint density at radius 3 is 2.69 bits per heavy atom. The van der Waals surface area contributed by atoms with E-state index in [-0.39, 0.29) is 11.2 Å². The molecule has 1 unspecified atom stereocenters. The first-order chi connectivity index (χ1) is 12.5. The van der Waals surface area contributed by atoms with Crippen molar-refractivity contribution in [2.45, 2.75) is 23.4 Å². The van der Waals surface area contributed by atoms with Crippen molar-refractivity contribution < 1.29 is 4.79 Å². The van der Waals surface area contributed by atoms with E-state index in [0.29, 0.717) is 5.13 Å². The monoisotopic (exact) mass is 448 g/mol. The van der Waals surface area contributed by atoms with E-state index >= 15 is 0 Å². The molecule has 0 radical (unpaired) electrons. The fourth-order valence-corrected chi connectivity index (χ4v) is 4.62. The van der Waals surface area contributed by atoms with Crippen LogP contribution in [-0.2, 0) is 4.79 Å². The molecule has 0 fully saturated rings. The third-order valence-corrected chi connectivity index (χ3v) is 6.14. The second-order valence-electron chi connectivity index (χ2n) is 5.60. The summed E-state index contributed by atoms with van der Waals surface area (Å²) in [6.07, 6.45) is 0. The molecule has 0 aliphatic rings. The van der Waals surface area contributed by atoms with Gasteiger partial charge < -0.3 is 10.6 Å². The van der Waals surface area contributed by atoms with Crippen LogP contribution in [-0.4, -0.2) is 21.4 Å². The molecule has 134 valence electrons. The SMILES string of the molecule is Cc1ccc(NC(=O)C(C)Sc2nnc(Nc3ccccc3)s2)c(Br)c1. The first-order valence-electron chi connectivity index (χ1n) is 7.90. The van der Waals surface area contributed by atoms with E-state index in [4.69, 9.17) is 0 Å². The van der Waals surface area contributed by atoms with Gasteiger partial charge in [0.1, 0.15) is 0 Å². The van der Waals surface area contributed by atoms with E-state index in [2.05, 4.69) is 36.8 Å². The fourth-order valence-electron chi connectivity index (χ4n) is 2.11. The van der Waals surface area contributed by atoms with Crippen LogP contribution in [0.15, 0.2) is 57.3 Å². The average Bonchev–Trinajstić information content (AvgIpc) is 3.05. The van der Waals surface area contributed by atoms with Gasteiger partial charge in [0.2, 0.25) is 11.0 Å². The molecule has 0 saturated heterocycles. The molecule has 0 bridgehead atoms. The van der Waals surface area contributed by atoms with Crippen LogP contribution >= 0.6 is 39.0 Å². The highest BCUT2D eigenvalue weighted by atomic mass is 79.9. The van der Waals surface area contributed by atoms with Crippen LogP contribution in [0.1, 0.15) is 12.5 Å². The van der Waals surface area contributed by atoms with Crippen molar-refractivity contribution >= 4 is 61.4 Å². The number of aromatic nitrogens is 2. The molecule has 2 aromatic carbocycles. The van der Waals surface area contributed by atoms with Crippen LogP contribution in [0, 0.1) is 6.92 Å². The molecular formula is C18H17BrN4OS2. The quantitative estimate of drug-likeness (QED) is 0.489. The Kier molecular flexibility index (Phi) is 6.29. The van der Waals surface area contributed by atoms with Crippen molar-refractivity contribution in [3.8, 4) is 0 Å². The number of aryl methyl sites for hydroxylation is 1. The van der Waals surface area contributed by atoms with E-state index in [9.17, 15) is 4.79 Å². The summed E-state index contributed by atoms with van der Waals surface area (Å²) < 4.78 is 1.61. The highest BCUT2D eigenvalue weighted by molar-refractivity contribution is 9.10. The number of para-hydroxylation sites is 1. The number of rotatable bonds is 6. The third-order valence-electron chi connectivity index (χ3n) is 3.46. The lowest BCUT2D eigenvalue weighted by Gasteiger charge is -2.12. The van der Waals surface area contributed by atoms with Crippen molar-refractivity contribution in [2.24, 2.45) is 0 Å². The van der Waals surface area contributed by atoms with Crippen LogP contribution in [0.5, 0.6) is 0 Å². The second kappa shape index (κ2) is 8.66. The van der Waals surface area contributed by atoms with E-state index in [1.54, 1.807) is 0 Å². The van der Waals surface area contributed by atoms with Crippen LogP contribution in [0.2, 0.25) is 0 Å². The summed E-state index contributed by atoms with van der Waals surface area (Å²) in [5, 5.41) is 14.8. The van der Waals surface area contributed by atoms with E-state index in [0.717, 1.165) is 25.8 Å². The number of amides is 1. The molecule has 0 spiro atoms. The topological polar surface area (TPSA) is 66.9 Å². The highest BCUT2D eigenvalue weighted by Gasteiger charge is 2.18. The minimum atomic E-state index is -0.291. The Bertz CT molecular complexity index is 901. The molecule has 0 aliphatic heterocycles. The molecule has 0 aliphatic carbocycles. The molecule has 2 N–H and O–H groups in total. The number of nitrogens with zero attached hydrogens (tertiary/aromatic N) is 2. The molecule has 1 heterocycles. The standard InChI is InChI=1S/C18H17BrN4OS2/c1-11-8-9-15(14(19)10-11)21-16(24)12(2)25-18-23-22-17(26-18)20-13-6-4-3-5-7-13/h3-10,12H,1-2H3,(H,20,22)(H,21,24). The number of carbonyl (C=O) groups is 1. The summed E-state index contributed by atoms with van der Waals surface area (Å²) >= 11 is 6.29. The Morgan fingerprint density at radius 1 is 1.19 bits per heavy atom. The van der Waals surface area contributed by atoms with Crippen LogP contribution in [0.4, 0.5) is 16.5 Å². The third kappa shape index (κ3) is 5.06. The van der Waals surface area contributed by atoms with Gasteiger partial charge in [-0.2, -0.15) is 0 Å². The Balaban J connectivity index is 1.59. The van der Waals surface area contributed by atoms with Crippen LogP contribution in [0.25, 0.3) is 0 Å². The normalized spacial score (nSPS) is 11.8. The van der Waals surface area contributed by atoms with E-state index in [1.807, 2.05) is 62.4 Å². The zero-order valence-electron chi connectivity index (χ0n) is 14.2. The van der Waals surface area contributed by atoms with Gasteiger partial charge in [-0.3, -0.25) is 4.79 Å². The first kappa shape index (κ1) is 18.9. The van der Waals surface area contributed by atoms with Crippen molar-refractivity contribution in [2.75, 3.05) is 10.6 Å². The smallest absolute Gasteiger partial charge is 0.237 e. The molecule has 3 aromatic rings. The summed E-state index contributed by atoms with van der Waals surface area (Å²) in [7, 11) is 0. The number of carbonyl (C=O) groups excluding carboxylic acids is 1. The Labute approximate surface area is 168 Å². The van der Waals surface area contributed by atoms with Gasteiger partial charge in [0.25, 0.3) is 0 Å². The van der Waals surface area contributed by atoms with Gasteiger partial charge in [0, 0.05) is 10.2 Å². The molecule has 1 aromatic heterocycles. The van der Waals surface area contributed by atoms with Gasteiger partial charge in [-0.15, -0.1) is 10.2 Å². The zero-order valence-corrected chi connectivity index (χ0v) is 17.4. The summed E-state index contributed by atoms with van der Waals surface area (Å²) in [6, 6.07) is 15.6. The minimum Gasteiger partial charge on any atom is -0.330 e. The number of hydrogen-bond acceptors (Lipinski definition) is 6. The largest absolute Gasteiger partial charge is 0.330 e. The summed E-state index contributed by atoms with van der Waals surface area (Å²) in [5.74, 6) is -0.0766. The number of halogens is 1. The molecule has 3 rings (SSSR count). The lowest BCUT2D eigenvalue weighted by Crippen LogP contribution is -2.22. The Morgan fingerprint density at radius 2 is 1.96 bits per heavy atom. The highest BCUT2D eigenvalue weighted by Crippen LogP contribution is 2.31. The maximum Gasteiger partial charge on any atom is 0.237 e. The summed E-state index contributed by atoms with van der Waals surface area (Å²) in [6.45, 7) is 3.86. The molecule has 1 amide bonds. The van der Waals surface area contributed by atoms with Gasteiger partial charge in [0.05, 0.1) is 10.9 Å².